The molecule has 30 heavy (non-hydrogen) atoms. The maximum atomic E-state index is 13.6. The standard InChI is InChI=1S/C22H16BrN3O3S/c1-3-12-4-9-16-15(10-12)19(27)17-18(13-5-7-14(23)8-6-13)26(21(28)20(17)29-16)22-25-24-11(2)30-22/h4-10,18H,3H2,1-2H3. The predicted molar refractivity (Wildman–Crippen MR) is 119 cm³/mol. The summed E-state index contributed by atoms with van der Waals surface area (Å²) in [5.41, 5.74) is 2.41. The molecule has 3 heterocycles. The molecule has 0 saturated heterocycles. The zero-order chi connectivity index (χ0) is 21.0. The Hall–Kier alpha value is -2.84. The molecular weight excluding hydrogens is 466 g/mol. The molecule has 0 fully saturated rings. The van der Waals surface area contributed by atoms with Crippen molar-refractivity contribution in [3.05, 3.63) is 84.6 Å². The summed E-state index contributed by atoms with van der Waals surface area (Å²) in [6.45, 7) is 3.86. The quantitative estimate of drug-likeness (QED) is 0.410. The van der Waals surface area contributed by atoms with Crippen molar-refractivity contribution in [2.24, 2.45) is 0 Å². The summed E-state index contributed by atoms with van der Waals surface area (Å²) in [6, 6.07) is 12.5. The average molecular weight is 482 g/mol. The summed E-state index contributed by atoms with van der Waals surface area (Å²) >= 11 is 4.75. The second kappa shape index (κ2) is 7.14. The molecule has 0 N–H and O–H groups in total. The minimum atomic E-state index is -0.626. The fraction of sp³-hybridized carbons (Fsp3) is 0.182. The molecule has 4 aromatic rings. The van der Waals surface area contributed by atoms with E-state index in [1.807, 2.05) is 50.2 Å². The fourth-order valence-corrected chi connectivity index (χ4v) is 4.76. The number of nitrogens with zero attached hydrogens (tertiary/aromatic N) is 3. The minimum absolute atomic E-state index is 0.0671. The van der Waals surface area contributed by atoms with E-state index in [0.717, 1.165) is 27.0 Å². The van der Waals surface area contributed by atoms with Crippen LogP contribution in [-0.4, -0.2) is 16.1 Å². The van der Waals surface area contributed by atoms with Crippen molar-refractivity contribution < 1.29 is 9.21 Å². The molecule has 2 aromatic heterocycles. The Labute approximate surface area is 184 Å². The number of amides is 1. The number of fused-ring (bicyclic) bond motifs is 2. The van der Waals surface area contributed by atoms with Gasteiger partial charge in [-0.1, -0.05) is 52.4 Å². The summed E-state index contributed by atoms with van der Waals surface area (Å²) in [4.78, 5) is 28.5. The number of carbonyl (C=O) groups is 1. The second-order valence-electron chi connectivity index (χ2n) is 7.09. The van der Waals surface area contributed by atoms with Gasteiger partial charge in [0.1, 0.15) is 10.6 Å². The third-order valence-electron chi connectivity index (χ3n) is 5.25. The smallest absolute Gasteiger partial charge is 0.297 e. The van der Waals surface area contributed by atoms with Crippen molar-refractivity contribution >= 4 is 49.3 Å². The lowest BCUT2D eigenvalue weighted by atomic mass is 9.98. The van der Waals surface area contributed by atoms with Crippen molar-refractivity contribution in [1.29, 1.82) is 0 Å². The third kappa shape index (κ3) is 2.90. The van der Waals surface area contributed by atoms with Crippen LogP contribution < -0.4 is 10.3 Å². The Morgan fingerprint density at radius 1 is 1.13 bits per heavy atom. The first-order chi connectivity index (χ1) is 14.5. The Morgan fingerprint density at radius 2 is 1.90 bits per heavy atom. The van der Waals surface area contributed by atoms with Gasteiger partial charge in [0.2, 0.25) is 10.9 Å². The van der Waals surface area contributed by atoms with Gasteiger partial charge in [-0.05, 0) is 48.7 Å². The van der Waals surface area contributed by atoms with Crippen LogP contribution in [0.25, 0.3) is 11.0 Å². The van der Waals surface area contributed by atoms with E-state index in [0.29, 0.717) is 21.7 Å². The van der Waals surface area contributed by atoms with Crippen LogP contribution in [0.1, 0.15) is 45.2 Å². The number of halogens is 1. The van der Waals surface area contributed by atoms with E-state index in [1.54, 1.807) is 6.07 Å². The summed E-state index contributed by atoms with van der Waals surface area (Å²) in [5.74, 6) is -0.315. The van der Waals surface area contributed by atoms with Crippen LogP contribution in [0.15, 0.2) is 56.1 Å². The molecule has 1 atom stereocenters. The molecule has 0 spiro atoms. The highest BCUT2D eigenvalue weighted by Crippen LogP contribution is 2.42. The van der Waals surface area contributed by atoms with Gasteiger partial charge in [-0.3, -0.25) is 14.5 Å². The predicted octanol–water partition coefficient (Wildman–Crippen LogP) is 5.03. The number of benzene rings is 2. The molecule has 0 radical (unpaired) electrons. The molecule has 1 aliphatic heterocycles. The lowest BCUT2D eigenvalue weighted by molar-refractivity contribution is 0.0970. The van der Waals surface area contributed by atoms with Gasteiger partial charge in [0.05, 0.1) is 17.0 Å². The summed E-state index contributed by atoms with van der Waals surface area (Å²) in [5, 5.41) is 9.89. The van der Waals surface area contributed by atoms with E-state index < -0.39 is 6.04 Å². The Kier molecular flexibility index (Phi) is 4.56. The molecule has 1 amide bonds. The Bertz CT molecular complexity index is 1360. The van der Waals surface area contributed by atoms with Crippen LogP contribution in [0.4, 0.5) is 5.13 Å². The molecule has 150 valence electrons. The highest BCUT2D eigenvalue weighted by molar-refractivity contribution is 9.10. The molecule has 8 heteroatoms. The fourth-order valence-electron chi connectivity index (χ4n) is 3.78. The second-order valence-corrected chi connectivity index (χ2v) is 9.17. The lowest BCUT2D eigenvalue weighted by Crippen LogP contribution is -2.29. The third-order valence-corrected chi connectivity index (χ3v) is 6.62. The number of rotatable bonds is 3. The molecule has 1 unspecified atom stereocenters. The minimum Gasteiger partial charge on any atom is -0.450 e. The van der Waals surface area contributed by atoms with Crippen molar-refractivity contribution in [3.8, 4) is 0 Å². The number of aryl methyl sites for hydroxylation is 2. The first-order valence-electron chi connectivity index (χ1n) is 9.46. The van der Waals surface area contributed by atoms with Crippen molar-refractivity contribution in [2.75, 3.05) is 4.90 Å². The average Bonchev–Trinajstić information content (AvgIpc) is 3.30. The first kappa shape index (κ1) is 19.1. The topological polar surface area (TPSA) is 76.3 Å². The van der Waals surface area contributed by atoms with Gasteiger partial charge in [0.25, 0.3) is 5.91 Å². The molecule has 6 nitrogen and oxygen atoms in total. The maximum Gasteiger partial charge on any atom is 0.297 e. The van der Waals surface area contributed by atoms with Crippen LogP contribution >= 0.6 is 27.3 Å². The van der Waals surface area contributed by atoms with Crippen LogP contribution in [0.5, 0.6) is 0 Å². The molecule has 5 rings (SSSR count). The van der Waals surface area contributed by atoms with Gasteiger partial charge < -0.3 is 4.42 Å². The largest absolute Gasteiger partial charge is 0.450 e. The van der Waals surface area contributed by atoms with Crippen molar-refractivity contribution in [2.45, 2.75) is 26.3 Å². The molecule has 0 aliphatic carbocycles. The molecule has 2 aromatic carbocycles. The number of aromatic nitrogens is 2. The molecule has 0 bridgehead atoms. The van der Waals surface area contributed by atoms with E-state index in [9.17, 15) is 9.59 Å². The normalized spacial score (nSPS) is 15.8. The molecule has 0 saturated carbocycles. The summed E-state index contributed by atoms with van der Waals surface area (Å²) < 4.78 is 6.90. The first-order valence-corrected chi connectivity index (χ1v) is 11.1. The SMILES string of the molecule is CCc1ccc2oc3c(c(=O)c2c1)C(c1ccc(Br)cc1)N(c1nnc(C)s1)C3=O. The van der Waals surface area contributed by atoms with Crippen LogP contribution in [-0.2, 0) is 6.42 Å². The molecular formula is C22H16BrN3O3S. The van der Waals surface area contributed by atoms with Crippen LogP contribution in [0, 0.1) is 6.92 Å². The Balaban J connectivity index is 1.81. The van der Waals surface area contributed by atoms with Crippen molar-refractivity contribution in [3.63, 3.8) is 0 Å². The number of hydrogen-bond donors (Lipinski definition) is 0. The van der Waals surface area contributed by atoms with E-state index in [-0.39, 0.29) is 17.1 Å². The van der Waals surface area contributed by atoms with Gasteiger partial charge in [0, 0.05) is 4.47 Å². The maximum absolute atomic E-state index is 13.6. The number of carbonyl (C=O) groups excluding carboxylic acids is 1. The highest BCUT2D eigenvalue weighted by Gasteiger charge is 2.45. The van der Waals surface area contributed by atoms with E-state index in [4.69, 9.17) is 4.42 Å². The Morgan fingerprint density at radius 3 is 2.57 bits per heavy atom. The van der Waals surface area contributed by atoms with E-state index in [2.05, 4.69) is 26.1 Å². The monoisotopic (exact) mass is 481 g/mol. The van der Waals surface area contributed by atoms with E-state index in [1.165, 1.54) is 16.2 Å². The highest BCUT2D eigenvalue weighted by atomic mass is 79.9. The van der Waals surface area contributed by atoms with Gasteiger partial charge in [-0.15, -0.1) is 10.2 Å². The summed E-state index contributed by atoms with van der Waals surface area (Å²) in [7, 11) is 0. The van der Waals surface area contributed by atoms with Crippen LogP contribution in [0.2, 0.25) is 0 Å². The zero-order valence-electron chi connectivity index (χ0n) is 16.2. The van der Waals surface area contributed by atoms with Crippen molar-refractivity contribution in [1.82, 2.24) is 10.2 Å². The van der Waals surface area contributed by atoms with Crippen LogP contribution in [0.3, 0.4) is 0 Å². The number of anilines is 1. The molecule has 1 aliphatic rings. The van der Waals surface area contributed by atoms with Gasteiger partial charge >= 0.3 is 0 Å². The van der Waals surface area contributed by atoms with E-state index >= 15 is 0 Å². The van der Waals surface area contributed by atoms with Gasteiger partial charge in [-0.25, -0.2) is 0 Å². The number of hydrogen-bond acceptors (Lipinski definition) is 6. The zero-order valence-corrected chi connectivity index (χ0v) is 18.6. The van der Waals surface area contributed by atoms with Gasteiger partial charge in [0.15, 0.2) is 5.43 Å². The summed E-state index contributed by atoms with van der Waals surface area (Å²) in [6.07, 6.45) is 0.803. The lowest BCUT2D eigenvalue weighted by Gasteiger charge is -2.22. The van der Waals surface area contributed by atoms with Gasteiger partial charge in [-0.2, -0.15) is 0 Å².